The van der Waals surface area contributed by atoms with E-state index in [4.69, 9.17) is 4.74 Å². The maximum atomic E-state index is 5.52. The molecule has 24 heavy (non-hydrogen) atoms. The van der Waals surface area contributed by atoms with Crippen molar-refractivity contribution in [2.45, 2.75) is 77.4 Å². The highest BCUT2D eigenvalue weighted by molar-refractivity contribution is 6.86. The van der Waals surface area contributed by atoms with Gasteiger partial charge in [-0.25, -0.2) is 0 Å². The number of benzene rings is 1. The minimum absolute atomic E-state index is 0.207. The lowest BCUT2D eigenvalue weighted by atomic mass is 10.2. The Hall–Kier alpha value is -1.22. The lowest BCUT2D eigenvalue weighted by Crippen LogP contribution is -2.63. The molecule has 0 aliphatic rings. The first-order chi connectivity index (χ1) is 10.8. The van der Waals surface area contributed by atoms with Crippen LogP contribution in [0.5, 0.6) is 5.75 Å². The summed E-state index contributed by atoms with van der Waals surface area (Å²) in [6.45, 7) is 21.9. The molecule has 0 aliphatic carbocycles. The molecule has 0 N–H and O–H groups in total. The molecule has 1 aromatic carbocycles. The third-order valence-corrected chi connectivity index (χ3v) is 13.1. The van der Waals surface area contributed by atoms with E-state index >= 15 is 0 Å². The van der Waals surface area contributed by atoms with Crippen LogP contribution in [0.4, 0.5) is 0 Å². The van der Waals surface area contributed by atoms with Crippen molar-refractivity contribution in [3.8, 4) is 5.75 Å². The summed E-state index contributed by atoms with van der Waals surface area (Å²) in [6, 6.07) is 8.71. The molecule has 2 nitrogen and oxygen atoms in total. The van der Waals surface area contributed by atoms with Crippen LogP contribution in [0.2, 0.25) is 15.1 Å². The van der Waals surface area contributed by atoms with E-state index in [1.165, 1.54) is 10.9 Å². The van der Waals surface area contributed by atoms with Gasteiger partial charge in [-0.1, -0.05) is 62.3 Å². The lowest BCUT2D eigenvalue weighted by Gasteiger charge is -2.59. The van der Waals surface area contributed by atoms with Gasteiger partial charge >= 0.3 is 0 Å². The number of rotatable bonds is 2. The Kier molecular flexibility index (Phi) is 4.50. The Morgan fingerprint density at radius 2 is 1.29 bits per heavy atom. The van der Waals surface area contributed by atoms with E-state index in [1.807, 2.05) is 0 Å². The Morgan fingerprint density at radius 1 is 0.792 bits per heavy atom. The highest BCUT2D eigenvalue weighted by Gasteiger charge is 2.61. The molecule has 0 unspecified atom stereocenters. The fourth-order valence-corrected chi connectivity index (χ4v) is 15.8. The predicted octanol–water partition coefficient (Wildman–Crippen LogP) is 6.84. The van der Waals surface area contributed by atoms with E-state index < -0.39 is 8.24 Å². The van der Waals surface area contributed by atoms with Crippen LogP contribution in [0, 0.1) is 0 Å². The van der Waals surface area contributed by atoms with Crippen LogP contribution in [0.15, 0.2) is 30.5 Å². The van der Waals surface area contributed by atoms with E-state index in [2.05, 4.69) is 97.0 Å². The van der Waals surface area contributed by atoms with E-state index in [0.717, 1.165) is 5.75 Å². The van der Waals surface area contributed by atoms with E-state index in [-0.39, 0.29) is 15.1 Å². The standard InChI is InChI=1S/C21H35NOSi/c1-19(2,3)24(20(4,5)6,21(7,8)9)22-14-13-16-11-12-17(23-10)15-18(16)22/h11-15H,1-10H3. The summed E-state index contributed by atoms with van der Waals surface area (Å²) in [5, 5.41) is 1.92. The zero-order valence-electron chi connectivity index (χ0n) is 17.2. The van der Waals surface area contributed by atoms with Crippen LogP contribution in [-0.4, -0.2) is 19.6 Å². The van der Waals surface area contributed by atoms with Crippen molar-refractivity contribution in [3.63, 3.8) is 0 Å². The van der Waals surface area contributed by atoms with Gasteiger partial charge in [0.25, 0.3) is 0 Å². The fraction of sp³-hybridized carbons (Fsp3) is 0.619. The van der Waals surface area contributed by atoms with Gasteiger partial charge < -0.3 is 8.97 Å². The van der Waals surface area contributed by atoms with Crippen molar-refractivity contribution in [1.29, 1.82) is 0 Å². The maximum Gasteiger partial charge on any atom is 0.177 e. The largest absolute Gasteiger partial charge is 0.497 e. The van der Waals surface area contributed by atoms with Crippen LogP contribution in [0.3, 0.4) is 0 Å². The van der Waals surface area contributed by atoms with Crippen molar-refractivity contribution < 1.29 is 4.74 Å². The number of ether oxygens (including phenoxy) is 1. The molecule has 1 aromatic heterocycles. The second-order valence-corrected chi connectivity index (χ2v) is 16.5. The molecule has 134 valence electrons. The van der Waals surface area contributed by atoms with Crippen LogP contribution in [-0.2, 0) is 0 Å². The first-order valence-electron chi connectivity index (χ1n) is 8.93. The molecule has 2 rings (SSSR count). The van der Waals surface area contributed by atoms with Gasteiger partial charge in [-0.3, -0.25) is 0 Å². The first-order valence-corrected chi connectivity index (χ1v) is 10.9. The third kappa shape index (κ3) is 2.61. The number of aromatic nitrogens is 1. The first kappa shape index (κ1) is 19.1. The summed E-state index contributed by atoms with van der Waals surface area (Å²) in [6.07, 6.45) is 2.33. The summed E-state index contributed by atoms with van der Waals surface area (Å²) in [5.41, 5.74) is 1.31. The molecule has 3 heteroatoms. The molecule has 0 atom stereocenters. The molecule has 0 aliphatic heterocycles. The van der Waals surface area contributed by atoms with Gasteiger partial charge in [-0.2, -0.15) is 0 Å². The van der Waals surface area contributed by atoms with Crippen LogP contribution in [0.1, 0.15) is 62.3 Å². The zero-order valence-corrected chi connectivity index (χ0v) is 18.2. The summed E-state index contributed by atoms with van der Waals surface area (Å²) in [7, 11) is -0.317. The van der Waals surface area contributed by atoms with Gasteiger partial charge in [0.1, 0.15) is 5.75 Å². The Labute approximate surface area is 149 Å². The van der Waals surface area contributed by atoms with Gasteiger partial charge in [0.15, 0.2) is 8.24 Å². The Morgan fingerprint density at radius 3 is 1.71 bits per heavy atom. The maximum absolute atomic E-state index is 5.52. The molecule has 0 spiro atoms. The van der Waals surface area contributed by atoms with Gasteiger partial charge in [-0.15, -0.1) is 0 Å². The smallest absolute Gasteiger partial charge is 0.177 e. The average Bonchev–Trinajstić information content (AvgIpc) is 2.77. The third-order valence-electron chi connectivity index (χ3n) is 5.52. The van der Waals surface area contributed by atoms with Crippen molar-refractivity contribution in [3.05, 3.63) is 30.5 Å². The highest BCUT2D eigenvalue weighted by Crippen LogP contribution is 2.63. The quantitative estimate of drug-likeness (QED) is 0.543. The van der Waals surface area contributed by atoms with Crippen LogP contribution in [0.25, 0.3) is 10.9 Å². The Balaban J connectivity index is 2.97. The fourth-order valence-electron chi connectivity index (χ4n) is 5.99. The molecule has 0 amide bonds. The highest BCUT2D eigenvalue weighted by atomic mass is 28.3. The van der Waals surface area contributed by atoms with Gasteiger partial charge in [0.05, 0.1) is 7.11 Å². The molecular formula is C21H35NOSi. The molecule has 0 saturated carbocycles. The minimum atomic E-state index is -2.06. The summed E-state index contributed by atoms with van der Waals surface area (Å²) < 4.78 is 8.18. The Bertz CT molecular complexity index is 687. The summed E-state index contributed by atoms with van der Waals surface area (Å²) >= 11 is 0. The number of fused-ring (bicyclic) bond motifs is 1. The van der Waals surface area contributed by atoms with Crippen LogP contribution < -0.4 is 4.74 Å². The molecule has 0 radical (unpaired) electrons. The number of nitrogens with zero attached hydrogens (tertiary/aromatic N) is 1. The number of methoxy groups -OCH3 is 1. The zero-order chi connectivity index (χ0) is 18.6. The van der Waals surface area contributed by atoms with Crippen molar-refractivity contribution in [1.82, 2.24) is 4.23 Å². The van der Waals surface area contributed by atoms with Crippen molar-refractivity contribution in [2.75, 3.05) is 7.11 Å². The number of hydrogen-bond acceptors (Lipinski definition) is 1. The molecule has 2 aromatic rings. The van der Waals surface area contributed by atoms with Gasteiger partial charge in [0.2, 0.25) is 0 Å². The van der Waals surface area contributed by atoms with E-state index in [1.54, 1.807) is 7.11 Å². The molecular weight excluding hydrogens is 310 g/mol. The van der Waals surface area contributed by atoms with Gasteiger partial charge in [0, 0.05) is 11.6 Å². The van der Waals surface area contributed by atoms with Crippen LogP contribution >= 0.6 is 0 Å². The lowest BCUT2D eigenvalue weighted by molar-refractivity contribution is 0.415. The predicted molar refractivity (Wildman–Crippen MR) is 109 cm³/mol. The van der Waals surface area contributed by atoms with E-state index in [9.17, 15) is 0 Å². The molecule has 0 bridgehead atoms. The molecule has 0 saturated heterocycles. The van der Waals surface area contributed by atoms with Crippen molar-refractivity contribution in [2.24, 2.45) is 0 Å². The minimum Gasteiger partial charge on any atom is -0.497 e. The molecule has 1 heterocycles. The van der Waals surface area contributed by atoms with Gasteiger partial charge in [-0.05, 0) is 44.9 Å². The topological polar surface area (TPSA) is 14.2 Å². The second-order valence-electron chi connectivity index (χ2n) is 10.1. The normalized spacial score (nSPS) is 14.2. The summed E-state index contributed by atoms with van der Waals surface area (Å²) in [4.78, 5) is 0. The summed E-state index contributed by atoms with van der Waals surface area (Å²) in [5.74, 6) is 0.932. The number of hydrogen-bond donors (Lipinski definition) is 0. The SMILES string of the molecule is COc1ccc2ccn([Si](C(C)(C)C)(C(C)(C)C)C(C)(C)C)c2c1. The molecule has 0 fully saturated rings. The van der Waals surface area contributed by atoms with Crippen molar-refractivity contribution >= 4 is 19.1 Å². The average molecular weight is 346 g/mol. The van der Waals surface area contributed by atoms with E-state index in [0.29, 0.717) is 0 Å². The second kappa shape index (κ2) is 5.65. The monoisotopic (exact) mass is 345 g/mol.